The molecule has 1 aliphatic rings. The highest BCUT2D eigenvalue weighted by molar-refractivity contribution is 9.10. The lowest BCUT2D eigenvalue weighted by Gasteiger charge is -2.08. The second kappa shape index (κ2) is 4.64. The molecule has 1 aliphatic carbocycles. The van der Waals surface area contributed by atoms with Crippen molar-refractivity contribution in [3.8, 4) is 0 Å². The number of aromatic carboxylic acids is 1. The lowest BCUT2D eigenvalue weighted by molar-refractivity contribution is 0.0696. The van der Waals surface area contributed by atoms with Crippen LogP contribution in [0, 0.1) is 5.92 Å². The first-order chi connectivity index (χ1) is 8.31. The van der Waals surface area contributed by atoms with Gasteiger partial charge in [-0.3, -0.25) is 0 Å². The van der Waals surface area contributed by atoms with Crippen molar-refractivity contribution in [3.05, 3.63) is 28.2 Å². The van der Waals surface area contributed by atoms with Crippen molar-refractivity contribution in [3.63, 3.8) is 0 Å². The highest BCUT2D eigenvalue weighted by Gasteiger charge is 2.37. The Morgan fingerprint density at radius 2 is 2.11 bits per heavy atom. The van der Waals surface area contributed by atoms with Crippen molar-refractivity contribution in [2.45, 2.75) is 24.3 Å². The zero-order valence-electron chi connectivity index (χ0n) is 9.55. The fourth-order valence-electron chi connectivity index (χ4n) is 1.59. The molecule has 5 nitrogen and oxygen atoms in total. The van der Waals surface area contributed by atoms with Crippen molar-refractivity contribution < 1.29 is 18.3 Å². The van der Waals surface area contributed by atoms with Gasteiger partial charge in [0.25, 0.3) is 0 Å². The number of hydrogen-bond donors (Lipinski definition) is 2. The first-order valence-electron chi connectivity index (χ1n) is 5.36. The van der Waals surface area contributed by atoms with E-state index >= 15 is 0 Å². The van der Waals surface area contributed by atoms with Crippen LogP contribution < -0.4 is 4.72 Å². The molecule has 98 valence electrons. The number of carboxylic acids is 1. The Morgan fingerprint density at radius 3 is 2.61 bits per heavy atom. The van der Waals surface area contributed by atoms with Crippen LogP contribution in [-0.4, -0.2) is 25.5 Å². The van der Waals surface area contributed by atoms with Gasteiger partial charge in [-0.15, -0.1) is 0 Å². The summed E-state index contributed by atoms with van der Waals surface area (Å²) in [6.07, 6.45) is 0.815. The Hall–Kier alpha value is -0.920. The number of halogens is 1. The molecule has 1 fully saturated rings. The molecule has 0 aromatic heterocycles. The number of sulfonamides is 1. The third-order valence-electron chi connectivity index (χ3n) is 2.88. The maximum absolute atomic E-state index is 12.1. The van der Waals surface area contributed by atoms with Gasteiger partial charge in [-0.1, -0.05) is 6.92 Å². The van der Waals surface area contributed by atoms with Crippen LogP contribution in [0.5, 0.6) is 0 Å². The highest BCUT2D eigenvalue weighted by atomic mass is 79.9. The predicted octanol–water partition coefficient (Wildman–Crippen LogP) is 1.83. The average Bonchev–Trinajstić information content (AvgIpc) is 2.93. The zero-order valence-corrected chi connectivity index (χ0v) is 12.0. The van der Waals surface area contributed by atoms with Gasteiger partial charge in [0.15, 0.2) is 0 Å². The molecule has 1 aromatic carbocycles. The topological polar surface area (TPSA) is 83.5 Å². The maximum Gasteiger partial charge on any atom is 0.335 e. The minimum atomic E-state index is -3.68. The lowest BCUT2D eigenvalue weighted by atomic mass is 10.2. The fraction of sp³-hybridized carbons (Fsp3) is 0.364. The van der Waals surface area contributed by atoms with Crippen LogP contribution in [0.25, 0.3) is 0 Å². The van der Waals surface area contributed by atoms with Crippen molar-refractivity contribution in [1.82, 2.24) is 4.72 Å². The van der Waals surface area contributed by atoms with E-state index in [4.69, 9.17) is 5.11 Å². The molecular formula is C11H12BrNO4S. The molecule has 0 aliphatic heterocycles. The summed E-state index contributed by atoms with van der Waals surface area (Å²) in [4.78, 5) is 10.8. The molecular weight excluding hydrogens is 322 g/mol. The molecule has 0 spiro atoms. The van der Waals surface area contributed by atoms with Gasteiger partial charge < -0.3 is 5.11 Å². The molecule has 0 heterocycles. The van der Waals surface area contributed by atoms with E-state index in [0.717, 1.165) is 12.5 Å². The Morgan fingerprint density at radius 1 is 1.50 bits per heavy atom. The normalized spacial score (nSPS) is 22.8. The second-order valence-corrected chi connectivity index (χ2v) is 6.93. The van der Waals surface area contributed by atoms with Crippen LogP contribution in [0.3, 0.4) is 0 Å². The number of benzene rings is 1. The largest absolute Gasteiger partial charge is 0.478 e. The number of carbonyl (C=O) groups is 1. The third-order valence-corrected chi connectivity index (χ3v) is 5.37. The molecule has 2 atom stereocenters. The molecule has 1 saturated carbocycles. The van der Waals surface area contributed by atoms with Gasteiger partial charge in [0.2, 0.25) is 10.0 Å². The summed E-state index contributed by atoms with van der Waals surface area (Å²) in [7, 11) is -3.68. The summed E-state index contributed by atoms with van der Waals surface area (Å²) in [6.45, 7) is 1.95. The van der Waals surface area contributed by atoms with Crippen molar-refractivity contribution in [1.29, 1.82) is 0 Å². The van der Waals surface area contributed by atoms with Crippen LogP contribution in [0.4, 0.5) is 0 Å². The Kier molecular flexibility index (Phi) is 3.48. The minimum absolute atomic E-state index is 0.0403. The molecule has 2 rings (SSSR count). The van der Waals surface area contributed by atoms with E-state index in [1.165, 1.54) is 12.1 Å². The summed E-state index contributed by atoms with van der Waals surface area (Å²) < 4.78 is 27.1. The first-order valence-corrected chi connectivity index (χ1v) is 7.64. The molecule has 2 N–H and O–H groups in total. The smallest absolute Gasteiger partial charge is 0.335 e. The SMILES string of the molecule is CC1CC1NS(=O)(=O)c1cc(C(=O)O)ccc1Br. The summed E-state index contributed by atoms with van der Waals surface area (Å²) in [5.41, 5.74) is -0.0533. The molecule has 18 heavy (non-hydrogen) atoms. The van der Waals surface area contributed by atoms with Crippen LogP contribution >= 0.6 is 15.9 Å². The van der Waals surface area contributed by atoms with Gasteiger partial charge in [-0.05, 0) is 46.5 Å². The summed E-state index contributed by atoms with van der Waals surface area (Å²) in [5, 5.41) is 8.87. The predicted molar refractivity (Wildman–Crippen MR) is 69.0 cm³/mol. The van der Waals surface area contributed by atoms with Gasteiger partial charge in [0.1, 0.15) is 0 Å². The molecule has 2 unspecified atom stereocenters. The van der Waals surface area contributed by atoms with Crippen LogP contribution in [0.15, 0.2) is 27.6 Å². The quantitative estimate of drug-likeness (QED) is 0.880. The van der Waals surface area contributed by atoms with Gasteiger partial charge in [-0.2, -0.15) is 0 Å². The van der Waals surface area contributed by atoms with Gasteiger partial charge in [0.05, 0.1) is 10.5 Å². The van der Waals surface area contributed by atoms with E-state index in [2.05, 4.69) is 20.7 Å². The molecule has 0 bridgehead atoms. The maximum atomic E-state index is 12.1. The van der Waals surface area contributed by atoms with E-state index in [0.29, 0.717) is 10.4 Å². The number of hydrogen-bond acceptors (Lipinski definition) is 3. The van der Waals surface area contributed by atoms with Gasteiger partial charge in [-0.25, -0.2) is 17.9 Å². The molecule has 0 saturated heterocycles. The highest BCUT2D eigenvalue weighted by Crippen LogP contribution is 2.32. The minimum Gasteiger partial charge on any atom is -0.478 e. The summed E-state index contributed by atoms with van der Waals surface area (Å²) in [5.74, 6) is -0.819. The van der Waals surface area contributed by atoms with E-state index in [1.807, 2.05) is 6.92 Å². The van der Waals surface area contributed by atoms with Crippen LogP contribution in [-0.2, 0) is 10.0 Å². The summed E-state index contributed by atoms with van der Waals surface area (Å²) in [6, 6.07) is 3.89. The fourth-order valence-corrected chi connectivity index (χ4v) is 3.94. The van der Waals surface area contributed by atoms with E-state index in [-0.39, 0.29) is 16.5 Å². The van der Waals surface area contributed by atoms with Crippen molar-refractivity contribution in [2.75, 3.05) is 0 Å². The lowest BCUT2D eigenvalue weighted by Crippen LogP contribution is -2.27. The van der Waals surface area contributed by atoms with Gasteiger partial charge >= 0.3 is 5.97 Å². The van der Waals surface area contributed by atoms with Crippen molar-refractivity contribution >= 4 is 31.9 Å². The van der Waals surface area contributed by atoms with E-state index in [1.54, 1.807) is 0 Å². The average molecular weight is 334 g/mol. The zero-order chi connectivity index (χ0) is 13.5. The molecule has 7 heteroatoms. The monoisotopic (exact) mass is 333 g/mol. The van der Waals surface area contributed by atoms with E-state index < -0.39 is 16.0 Å². The van der Waals surface area contributed by atoms with E-state index in [9.17, 15) is 13.2 Å². The molecule has 0 radical (unpaired) electrons. The van der Waals surface area contributed by atoms with Crippen LogP contribution in [0.2, 0.25) is 0 Å². The Bertz CT molecular complexity index is 599. The van der Waals surface area contributed by atoms with Gasteiger partial charge in [0, 0.05) is 10.5 Å². The Labute approximate surface area is 113 Å². The number of nitrogens with one attached hydrogen (secondary N) is 1. The van der Waals surface area contributed by atoms with Crippen molar-refractivity contribution in [2.24, 2.45) is 5.92 Å². The third kappa shape index (κ3) is 2.73. The number of rotatable bonds is 4. The standard InChI is InChI=1S/C11H12BrNO4S/c1-6-4-9(6)13-18(16,17)10-5-7(11(14)15)2-3-8(10)12/h2-3,5-6,9,13H,4H2,1H3,(H,14,15). The second-order valence-electron chi connectivity index (χ2n) is 4.39. The number of carboxylic acid groups (broad SMARTS) is 1. The molecule has 0 amide bonds. The summed E-state index contributed by atoms with van der Waals surface area (Å²) >= 11 is 3.13. The Balaban J connectivity index is 2.36. The first kappa shape index (κ1) is 13.5. The van der Waals surface area contributed by atoms with Crippen LogP contribution in [0.1, 0.15) is 23.7 Å². The molecule has 1 aromatic rings.